The summed E-state index contributed by atoms with van der Waals surface area (Å²) < 4.78 is 5.43. The standard InChI is InChI=1S/C23H22N4O6/c1-23(12-14-4-2-3-5-17(14)20(30)33-23)21(31)26-16-8-6-15(7-9-16)25-18(28)10-11-27-19(29)13-24-22(27)32/h2-9H,10-13H2,1H3,(H,24,32)(H,25,28)(H,26,31). The molecule has 0 radical (unpaired) electrons. The maximum Gasteiger partial charge on any atom is 0.339 e. The van der Waals surface area contributed by atoms with Gasteiger partial charge in [0.25, 0.3) is 5.91 Å². The summed E-state index contributed by atoms with van der Waals surface area (Å²) in [5.74, 6) is -1.73. The summed E-state index contributed by atoms with van der Waals surface area (Å²) in [7, 11) is 0. The highest BCUT2D eigenvalue weighted by molar-refractivity contribution is 6.03. The molecule has 1 fully saturated rings. The fraction of sp³-hybridized carbons (Fsp3) is 0.261. The van der Waals surface area contributed by atoms with E-state index in [1.54, 1.807) is 55.5 Å². The first-order chi connectivity index (χ1) is 15.7. The van der Waals surface area contributed by atoms with Gasteiger partial charge in [-0.1, -0.05) is 18.2 Å². The third kappa shape index (κ3) is 4.69. The van der Waals surface area contributed by atoms with Gasteiger partial charge in [-0.25, -0.2) is 9.59 Å². The number of nitrogens with zero attached hydrogens (tertiary/aromatic N) is 1. The number of rotatable bonds is 6. The molecule has 5 amide bonds. The SMILES string of the molecule is CC1(C(=O)Nc2ccc(NC(=O)CCN3C(=O)CNC3=O)cc2)Cc2ccccc2C(=O)O1. The predicted molar refractivity (Wildman–Crippen MR) is 117 cm³/mol. The molecule has 3 N–H and O–H groups in total. The van der Waals surface area contributed by atoms with Crippen LogP contribution in [0.25, 0.3) is 0 Å². The van der Waals surface area contributed by atoms with Crippen LogP contribution in [0.5, 0.6) is 0 Å². The molecule has 2 aromatic rings. The van der Waals surface area contributed by atoms with Crippen LogP contribution in [0.1, 0.15) is 29.3 Å². The maximum atomic E-state index is 12.8. The summed E-state index contributed by atoms with van der Waals surface area (Å²) in [6.45, 7) is 1.50. The molecule has 0 saturated carbocycles. The number of cyclic esters (lactones) is 1. The van der Waals surface area contributed by atoms with Crippen LogP contribution in [0.15, 0.2) is 48.5 Å². The predicted octanol–water partition coefficient (Wildman–Crippen LogP) is 1.68. The second-order valence-electron chi connectivity index (χ2n) is 7.99. The van der Waals surface area contributed by atoms with Crippen molar-refractivity contribution in [2.24, 2.45) is 0 Å². The smallest absolute Gasteiger partial charge is 0.339 e. The largest absolute Gasteiger partial charge is 0.445 e. The maximum absolute atomic E-state index is 12.8. The number of carbonyl (C=O) groups is 5. The van der Waals surface area contributed by atoms with Crippen molar-refractivity contribution in [1.82, 2.24) is 10.2 Å². The van der Waals surface area contributed by atoms with Gasteiger partial charge in [0.15, 0.2) is 5.60 Å². The number of nitrogens with one attached hydrogen (secondary N) is 3. The van der Waals surface area contributed by atoms with Gasteiger partial charge in [0, 0.05) is 30.8 Å². The van der Waals surface area contributed by atoms with E-state index in [1.165, 1.54) is 0 Å². The van der Waals surface area contributed by atoms with Crippen molar-refractivity contribution in [3.8, 4) is 0 Å². The van der Waals surface area contributed by atoms with Gasteiger partial charge in [0.1, 0.15) is 0 Å². The van der Waals surface area contributed by atoms with Crippen LogP contribution in [0.4, 0.5) is 16.2 Å². The van der Waals surface area contributed by atoms with E-state index in [9.17, 15) is 24.0 Å². The Hall–Kier alpha value is -4.21. The van der Waals surface area contributed by atoms with Crippen molar-refractivity contribution in [3.05, 3.63) is 59.7 Å². The van der Waals surface area contributed by atoms with Crippen molar-refractivity contribution >= 4 is 41.1 Å². The Balaban J connectivity index is 1.32. The normalized spacial score (nSPS) is 19.4. The summed E-state index contributed by atoms with van der Waals surface area (Å²) in [5.41, 5.74) is 0.806. The molecule has 10 nitrogen and oxygen atoms in total. The third-order valence-electron chi connectivity index (χ3n) is 5.49. The lowest BCUT2D eigenvalue weighted by atomic mass is 9.89. The van der Waals surface area contributed by atoms with Gasteiger partial charge in [0.2, 0.25) is 11.8 Å². The molecular weight excluding hydrogens is 428 g/mol. The van der Waals surface area contributed by atoms with Gasteiger partial charge in [-0.05, 0) is 42.8 Å². The van der Waals surface area contributed by atoms with Crippen LogP contribution in [-0.2, 0) is 25.5 Å². The fourth-order valence-corrected chi connectivity index (χ4v) is 3.68. The van der Waals surface area contributed by atoms with E-state index >= 15 is 0 Å². The molecule has 2 heterocycles. The Morgan fingerprint density at radius 3 is 2.36 bits per heavy atom. The Morgan fingerprint density at radius 2 is 1.70 bits per heavy atom. The molecule has 4 rings (SSSR count). The van der Waals surface area contributed by atoms with Crippen molar-refractivity contribution in [3.63, 3.8) is 0 Å². The number of benzene rings is 2. The lowest BCUT2D eigenvalue weighted by Gasteiger charge is -2.33. The zero-order valence-electron chi connectivity index (χ0n) is 17.8. The number of imide groups is 1. The summed E-state index contributed by atoms with van der Waals surface area (Å²) >= 11 is 0. The Kier molecular flexibility index (Phi) is 5.82. The van der Waals surface area contributed by atoms with E-state index in [-0.39, 0.29) is 37.7 Å². The molecule has 2 aliphatic heterocycles. The highest BCUT2D eigenvalue weighted by Crippen LogP contribution is 2.29. The van der Waals surface area contributed by atoms with E-state index in [4.69, 9.17) is 4.74 Å². The average molecular weight is 450 g/mol. The molecule has 170 valence electrons. The molecule has 33 heavy (non-hydrogen) atoms. The summed E-state index contributed by atoms with van der Waals surface area (Å²) in [6.07, 6.45) is 0.218. The van der Waals surface area contributed by atoms with E-state index in [0.717, 1.165) is 10.5 Å². The summed E-state index contributed by atoms with van der Waals surface area (Å²) in [5, 5.41) is 7.80. The first-order valence-electron chi connectivity index (χ1n) is 10.4. The van der Waals surface area contributed by atoms with Gasteiger partial charge < -0.3 is 20.7 Å². The fourth-order valence-electron chi connectivity index (χ4n) is 3.68. The second kappa shape index (κ2) is 8.73. The molecular formula is C23H22N4O6. The third-order valence-corrected chi connectivity index (χ3v) is 5.49. The minimum atomic E-state index is -1.35. The van der Waals surface area contributed by atoms with Gasteiger partial charge >= 0.3 is 12.0 Å². The first kappa shape index (κ1) is 22.0. The molecule has 0 spiro atoms. The first-order valence-corrected chi connectivity index (χ1v) is 10.4. The van der Waals surface area contributed by atoms with Crippen LogP contribution in [-0.4, -0.2) is 53.3 Å². The Bertz CT molecular complexity index is 1130. The molecule has 1 unspecified atom stereocenters. The van der Waals surface area contributed by atoms with Crippen LogP contribution < -0.4 is 16.0 Å². The van der Waals surface area contributed by atoms with Crippen LogP contribution in [0.2, 0.25) is 0 Å². The second-order valence-corrected chi connectivity index (χ2v) is 7.99. The van der Waals surface area contributed by atoms with E-state index in [2.05, 4.69) is 16.0 Å². The monoisotopic (exact) mass is 450 g/mol. The van der Waals surface area contributed by atoms with E-state index < -0.39 is 23.5 Å². The molecule has 0 aliphatic carbocycles. The van der Waals surface area contributed by atoms with Gasteiger partial charge in [-0.15, -0.1) is 0 Å². The van der Waals surface area contributed by atoms with Crippen molar-refractivity contribution < 1.29 is 28.7 Å². The number of ether oxygens (including phenoxy) is 1. The van der Waals surface area contributed by atoms with Crippen LogP contribution >= 0.6 is 0 Å². The van der Waals surface area contributed by atoms with Crippen LogP contribution in [0, 0.1) is 0 Å². The average Bonchev–Trinajstić information content (AvgIpc) is 3.10. The molecule has 1 saturated heterocycles. The number of hydrogen-bond donors (Lipinski definition) is 3. The number of fused-ring (bicyclic) bond motifs is 1. The number of hydrogen-bond acceptors (Lipinski definition) is 6. The highest BCUT2D eigenvalue weighted by atomic mass is 16.6. The van der Waals surface area contributed by atoms with Gasteiger partial charge in [-0.2, -0.15) is 0 Å². The summed E-state index contributed by atoms with van der Waals surface area (Å²) in [4.78, 5) is 61.3. The highest BCUT2D eigenvalue weighted by Gasteiger charge is 2.42. The molecule has 2 aromatic carbocycles. The van der Waals surface area contributed by atoms with Gasteiger partial charge in [0.05, 0.1) is 12.1 Å². The lowest BCUT2D eigenvalue weighted by molar-refractivity contribution is -0.134. The number of esters is 1. The zero-order chi connectivity index (χ0) is 23.6. The number of amides is 5. The minimum absolute atomic E-state index is 0.00886. The molecule has 0 bridgehead atoms. The van der Waals surface area contributed by atoms with Crippen molar-refractivity contribution in [2.75, 3.05) is 23.7 Å². The quantitative estimate of drug-likeness (QED) is 0.453. The Morgan fingerprint density at radius 1 is 1.03 bits per heavy atom. The summed E-state index contributed by atoms with van der Waals surface area (Å²) in [6, 6.07) is 12.9. The number of anilines is 2. The molecule has 2 aliphatic rings. The molecule has 0 aromatic heterocycles. The van der Waals surface area contributed by atoms with Gasteiger partial charge in [-0.3, -0.25) is 19.3 Å². The van der Waals surface area contributed by atoms with Crippen molar-refractivity contribution in [1.29, 1.82) is 0 Å². The number of urea groups is 1. The van der Waals surface area contributed by atoms with Crippen LogP contribution in [0.3, 0.4) is 0 Å². The lowest BCUT2D eigenvalue weighted by Crippen LogP contribution is -2.48. The Labute approximate surface area is 189 Å². The minimum Gasteiger partial charge on any atom is -0.445 e. The van der Waals surface area contributed by atoms with E-state index in [1.807, 2.05) is 0 Å². The van der Waals surface area contributed by atoms with Crippen molar-refractivity contribution in [2.45, 2.75) is 25.4 Å². The zero-order valence-corrected chi connectivity index (χ0v) is 17.8. The topological polar surface area (TPSA) is 134 Å². The van der Waals surface area contributed by atoms with E-state index in [0.29, 0.717) is 16.9 Å². The molecule has 1 atom stereocenters. The molecule has 10 heteroatoms. The number of carbonyl (C=O) groups excluding carboxylic acids is 5.